The minimum Gasteiger partial charge on any atom is -0.493 e. The lowest BCUT2D eigenvalue weighted by Gasteiger charge is -2.20. The van der Waals surface area contributed by atoms with Gasteiger partial charge in [0.05, 0.1) is 17.3 Å². The van der Waals surface area contributed by atoms with Crippen LogP contribution in [0, 0.1) is 19.8 Å². The first-order valence-electron chi connectivity index (χ1n) is 11.8. The summed E-state index contributed by atoms with van der Waals surface area (Å²) in [6, 6.07) is 20.4. The molecule has 0 aliphatic heterocycles. The molecule has 0 amide bonds. The Bertz CT molecular complexity index is 1140. The number of para-hydroxylation sites is 1. The number of nitrogens with one attached hydrogen (secondary N) is 1. The standard InChI is InChI=1S/C29H34ClN3O/c1-6-16-34-27-18-26(21(4)17-24(27)23-13-9-8-10-14-23)32-29(22(5)19-31-7-2)33-28-20(3)12-11-15-25(28)30/h7-15,17-18,22H,6,16,19H2,1-5H3,(H,32,33). The van der Waals surface area contributed by atoms with Crippen LogP contribution in [0.2, 0.25) is 5.02 Å². The Morgan fingerprint density at radius 2 is 1.82 bits per heavy atom. The van der Waals surface area contributed by atoms with E-state index in [2.05, 4.69) is 55.3 Å². The summed E-state index contributed by atoms with van der Waals surface area (Å²) in [6.07, 6.45) is 2.76. The van der Waals surface area contributed by atoms with Gasteiger partial charge < -0.3 is 10.1 Å². The summed E-state index contributed by atoms with van der Waals surface area (Å²) in [4.78, 5) is 9.43. The quantitative estimate of drug-likeness (QED) is 0.250. The lowest BCUT2D eigenvalue weighted by atomic mass is 10.0. The molecular formula is C29H34ClN3O. The third-order valence-corrected chi connectivity index (χ3v) is 5.89. The average molecular weight is 476 g/mol. The van der Waals surface area contributed by atoms with Crippen LogP contribution in [0.1, 0.15) is 38.3 Å². The highest BCUT2D eigenvalue weighted by Crippen LogP contribution is 2.36. The zero-order valence-corrected chi connectivity index (χ0v) is 21.5. The van der Waals surface area contributed by atoms with Gasteiger partial charge in [-0.05, 0) is 62.2 Å². The molecule has 5 heteroatoms. The molecule has 1 unspecified atom stereocenters. The Morgan fingerprint density at radius 1 is 1.06 bits per heavy atom. The van der Waals surface area contributed by atoms with Crippen molar-refractivity contribution in [3.63, 3.8) is 0 Å². The molecule has 3 aromatic rings. The second kappa shape index (κ2) is 12.4. The number of aliphatic imine (C=N–C) groups is 2. The summed E-state index contributed by atoms with van der Waals surface area (Å²) >= 11 is 6.50. The van der Waals surface area contributed by atoms with Gasteiger partial charge in [-0.2, -0.15) is 0 Å². The molecule has 3 rings (SSSR count). The minimum atomic E-state index is 0.0695. The number of halogens is 1. The van der Waals surface area contributed by atoms with Crippen molar-refractivity contribution in [2.24, 2.45) is 15.9 Å². The van der Waals surface area contributed by atoms with Gasteiger partial charge in [0.15, 0.2) is 0 Å². The largest absolute Gasteiger partial charge is 0.493 e. The smallest absolute Gasteiger partial charge is 0.129 e. The van der Waals surface area contributed by atoms with Crippen LogP contribution >= 0.6 is 11.6 Å². The number of anilines is 1. The van der Waals surface area contributed by atoms with Crippen LogP contribution in [0.5, 0.6) is 5.75 Å². The molecule has 1 atom stereocenters. The fourth-order valence-electron chi connectivity index (χ4n) is 3.63. The van der Waals surface area contributed by atoms with Crippen LogP contribution in [0.15, 0.2) is 70.6 Å². The molecule has 0 aliphatic rings. The highest BCUT2D eigenvalue weighted by Gasteiger charge is 2.17. The van der Waals surface area contributed by atoms with Gasteiger partial charge in [0, 0.05) is 29.8 Å². The summed E-state index contributed by atoms with van der Waals surface area (Å²) in [5, 5.41) is 4.22. The summed E-state index contributed by atoms with van der Waals surface area (Å²) in [6.45, 7) is 11.6. The Balaban J connectivity index is 2.07. The van der Waals surface area contributed by atoms with Gasteiger partial charge in [0.25, 0.3) is 0 Å². The van der Waals surface area contributed by atoms with Crippen molar-refractivity contribution < 1.29 is 4.74 Å². The van der Waals surface area contributed by atoms with E-state index in [1.165, 1.54) is 0 Å². The average Bonchev–Trinajstić information content (AvgIpc) is 2.84. The Hall–Kier alpha value is -3.11. The molecule has 1 N–H and O–H groups in total. The molecular weight excluding hydrogens is 442 g/mol. The number of aryl methyl sites for hydroxylation is 2. The fourth-order valence-corrected chi connectivity index (χ4v) is 3.90. The van der Waals surface area contributed by atoms with Crippen LogP contribution in [-0.2, 0) is 0 Å². The van der Waals surface area contributed by atoms with E-state index in [9.17, 15) is 0 Å². The number of hydrogen-bond donors (Lipinski definition) is 1. The monoisotopic (exact) mass is 475 g/mol. The van der Waals surface area contributed by atoms with Gasteiger partial charge in [-0.25, -0.2) is 4.99 Å². The van der Waals surface area contributed by atoms with Crippen LogP contribution in [-0.4, -0.2) is 25.2 Å². The number of nitrogens with zero attached hydrogens (tertiary/aromatic N) is 2. The molecule has 0 fully saturated rings. The lowest BCUT2D eigenvalue weighted by molar-refractivity contribution is 0.319. The zero-order chi connectivity index (χ0) is 24.5. The van der Waals surface area contributed by atoms with Crippen molar-refractivity contribution in [3.05, 3.63) is 76.8 Å². The van der Waals surface area contributed by atoms with Crippen LogP contribution in [0.3, 0.4) is 0 Å². The van der Waals surface area contributed by atoms with E-state index in [0.717, 1.165) is 51.6 Å². The van der Waals surface area contributed by atoms with Gasteiger partial charge in [0.2, 0.25) is 0 Å². The van der Waals surface area contributed by atoms with Crippen LogP contribution in [0.4, 0.5) is 11.4 Å². The molecule has 0 saturated carbocycles. The third kappa shape index (κ3) is 6.48. The number of amidine groups is 1. The lowest BCUT2D eigenvalue weighted by Crippen LogP contribution is -2.23. The zero-order valence-electron chi connectivity index (χ0n) is 20.7. The van der Waals surface area contributed by atoms with Gasteiger partial charge in [-0.15, -0.1) is 0 Å². The van der Waals surface area contributed by atoms with Crippen LogP contribution in [0.25, 0.3) is 11.1 Å². The molecule has 0 aliphatic carbocycles. The maximum absolute atomic E-state index is 6.50. The molecule has 0 saturated heterocycles. The van der Waals surface area contributed by atoms with E-state index in [-0.39, 0.29) is 5.92 Å². The normalized spacial score (nSPS) is 12.7. The second-order valence-electron chi connectivity index (χ2n) is 8.43. The summed E-state index contributed by atoms with van der Waals surface area (Å²) in [5.74, 6) is 1.74. The molecule has 0 heterocycles. The van der Waals surface area contributed by atoms with E-state index in [0.29, 0.717) is 18.2 Å². The van der Waals surface area contributed by atoms with Crippen molar-refractivity contribution in [2.45, 2.75) is 41.0 Å². The Morgan fingerprint density at radius 3 is 2.50 bits per heavy atom. The molecule has 3 aromatic carbocycles. The Labute approximate surface area is 208 Å². The first kappa shape index (κ1) is 25.5. The van der Waals surface area contributed by atoms with Gasteiger partial charge in [-0.1, -0.05) is 67.9 Å². The van der Waals surface area contributed by atoms with Gasteiger partial charge in [0.1, 0.15) is 11.6 Å². The topological polar surface area (TPSA) is 46.0 Å². The third-order valence-electron chi connectivity index (χ3n) is 5.59. The Kier molecular flexibility index (Phi) is 9.29. The van der Waals surface area contributed by atoms with E-state index in [4.69, 9.17) is 21.3 Å². The summed E-state index contributed by atoms with van der Waals surface area (Å²) in [5.41, 5.74) is 6.09. The predicted octanol–water partition coefficient (Wildman–Crippen LogP) is 8.28. The van der Waals surface area contributed by atoms with Crippen LogP contribution < -0.4 is 10.1 Å². The number of hydrogen-bond acceptors (Lipinski definition) is 3. The molecule has 178 valence electrons. The minimum absolute atomic E-state index is 0.0695. The fraction of sp³-hybridized carbons (Fsp3) is 0.310. The van der Waals surface area contributed by atoms with E-state index in [1.807, 2.05) is 56.5 Å². The van der Waals surface area contributed by atoms with Crippen molar-refractivity contribution in [1.29, 1.82) is 0 Å². The van der Waals surface area contributed by atoms with Crippen molar-refractivity contribution in [1.82, 2.24) is 0 Å². The highest BCUT2D eigenvalue weighted by molar-refractivity contribution is 6.33. The van der Waals surface area contributed by atoms with Gasteiger partial charge in [-0.3, -0.25) is 4.99 Å². The first-order valence-corrected chi connectivity index (χ1v) is 12.2. The molecule has 0 bridgehead atoms. The predicted molar refractivity (Wildman–Crippen MR) is 148 cm³/mol. The van der Waals surface area contributed by atoms with E-state index in [1.54, 1.807) is 0 Å². The van der Waals surface area contributed by atoms with Crippen molar-refractivity contribution >= 4 is 35.0 Å². The summed E-state index contributed by atoms with van der Waals surface area (Å²) < 4.78 is 6.18. The van der Waals surface area contributed by atoms with E-state index < -0.39 is 0 Å². The second-order valence-corrected chi connectivity index (χ2v) is 8.84. The number of rotatable bonds is 9. The van der Waals surface area contributed by atoms with Crippen molar-refractivity contribution in [2.75, 3.05) is 18.5 Å². The maximum atomic E-state index is 6.50. The molecule has 34 heavy (non-hydrogen) atoms. The molecule has 0 spiro atoms. The molecule has 0 aromatic heterocycles. The molecule has 4 nitrogen and oxygen atoms in total. The van der Waals surface area contributed by atoms with Gasteiger partial charge >= 0.3 is 0 Å². The highest BCUT2D eigenvalue weighted by atomic mass is 35.5. The number of benzene rings is 3. The molecule has 0 radical (unpaired) electrons. The maximum Gasteiger partial charge on any atom is 0.129 e. The first-order chi connectivity index (χ1) is 16.4. The van der Waals surface area contributed by atoms with Crippen molar-refractivity contribution in [3.8, 4) is 16.9 Å². The SMILES string of the molecule is CC=NCC(C)C(=Nc1c(C)cccc1Cl)Nc1cc(OCCC)c(-c2ccccc2)cc1C. The number of ether oxygens (including phenoxy) is 1. The summed E-state index contributed by atoms with van der Waals surface area (Å²) in [7, 11) is 0. The van der Waals surface area contributed by atoms with E-state index >= 15 is 0 Å².